The minimum absolute atomic E-state index is 0. The first-order valence-electron chi connectivity index (χ1n) is 21.9. The zero-order valence-corrected chi connectivity index (χ0v) is 40.2. The van der Waals surface area contributed by atoms with Gasteiger partial charge in [-0.15, -0.1) is 5.75 Å². The van der Waals surface area contributed by atoms with E-state index in [2.05, 4.69) is 13.8 Å². The summed E-state index contributed by atoms with van der Waals surface area (Å²) in [5, 5.41) is 22.6. The van der Waals surface area contributed by atoms with E-state index in [-0.39, 0.29) is 55.0 Å². The summed E-state index contributed by atoms with van der Waals surface area (Å²) in [5.41, 5.74) is 1.10. The number of aromatic hydroxyl groups is 1. The van der Waals surface area contributed by atoms with Gasteiger partial charge in [-0.2, -0.15) is 8.42 Å². The molecule has 61 heavy (non-hydrogen) atoms. The molecule has 0 saturated carbocycles. The molecule has 0 aromatic heterocycles. The van der Waals surface area contributed by atoms with E-state index < -0.39 is 35.8 Å². The van der Waals surface area contributed by atoms with Gasteiger partial charge in [-0.3, -0.25) is 4.55 Å². The number of phenols is 1. The fourth-order valence-electron chi connectivity index (χ4n) is 6.96. The van der Waals surface area contributed by atoms with Crippen LogP contribution in [0.2, 0.25) is 0 Å². The van der Waals surface area contributed by atoms with Crippen LogP contribution in [0, 0.1) is 0 Å². The molecule has 4 aromatic rings. The van der Waals surface area contributed by atoms with Crippen LogP contribution in [0.1, 0.15) is 153 Å². The largest absolute Gasteiger partial charge is 2.00 e. The standard InChI is InChI=1S/2C24H34O5S.Ca/c2*1-2-3-4-5-6-7-8-9-10-12-15-20-18-23(29-21-16-13-11-14-17-21)24(19-22(20)25)30(26,27)28;/h2*11,13-14,16-19,25H,2-10,12,15H2,1H3,(H,26,27,28);/q;;+2/p-2. The van der Waals surface area contributed by atoms with Crippen LogP contribution in [-0.4, -0.2) is 68.8 Å². The average Bonchev–Trinajstić information content (AvgIpc) is 3.21. The average molecular weight is 907 g/mol. The second-order valence-electron chi connectivity index (χ2n) is 15.5. The van der Waals surface area contributed by atoms with Crippen molar-refractivity contribution in [3.63, 3.8) is 0 Å². The molecule has 0 aliphatic heterocycles. The van der Waals surface area contributed by atoms with Crippen molar-refractivity contribution in [2.24, 2.45) is 0 Å². The van der Waals surface area contributed by atoms with Crippen molar-refractivity contribution in [2.45, 2.75) is 165 Å². The normalized spacial score (nSPS) is 11.3. The van der Waals surface area contributed by atoms with Crippen molar-refractivity contribution >= 4 is 58.0 Å². The second kappa shape index (κ2) is 30.3. The Kier molecular flexibility index (Phi) is 27.0. The predicted octanol–water partition coefficient (Wildman–Crippen LogP) is 12.4. The molecule has 0 heterocycles. The zero-order valence-electron chi connectivity index (χ0n) is 36.3. The van der Waals surface area contributed by atoms with Gasteiger partial charge in [-0.25, -0.2) is 8.42 Å². The molecule has 2 N–H and O–H groups in total. The van der Waals surface area contributed by atoms with Gasteiger partial charge in [0.05, 0.1) is 4.90 Å². The molecule has 0 aliphatic carbocycles. The molecule has 0 aliphatic rings. The Morgan fingerprint density at radius 2 is 0.869 bits per heavy atom. The molecular weight excluding hydrogens is 841 g/mol. The van der Waals surface area contributed by atoms with E-state index in [0.29, 0.717) is 35.5 Å². The van der Waals surface area contributed by atoms with Crippen molar-refractivity contribution in [1.29, 1.82) is 0 Å². The number of para-hydroxylation sites is 2. The quantitative estimate of drug-likeness (QED) is 0.0317. The summed E-state index contributed by atoms with van der Waals surface area (Å²) in [5.74, 6) is 0.227. The van der Waals surface area contributed by atoms with Crippen molar-refractivity contribution in [1.82, 2.24) is 0 Å². The molecule has 0 saturated heterocycles. The van der Waals surface area contributed by atoms with Crippen LogP contribution in [-0.2, 0) is 33.1 Å². The van der Waals surface area contributed by atoms with E-state index in [0.717, 1.165) is 50.7 Å². The van der Waals surface area contributed by atoms with E-state index >= 15 is 0 Å². The molecule has 332 valence electrons. The van der Waals surface area contributed by atoms with Gasteiger partial charge in [-0.1, -0.05) is 171 Å². The fourth-order valence-corrected chi connectivity index (χ4v) is 8.18. The Labute approximate surface area is 396 Å². The number of phenolic OH excluding ortho intramolecular Hbond substituents is 1. The van der Waals surface area contributed by atoms with Crippen molar-refractivity contribution in [2.75, 3.05) is 0 Å². The van der Waals surface area contributed by atoms with Crippen LogP contribution in [0.3, 0.4) is 0 Å². The summed E-state index contributed by atoms with van der Waals surface area (Å²) in [4.78, 5) is -1.04. The number of hydrogen-bond acceptors (Lipinski definition) is 9. The molecule has 4 rings (SSSR count). The van der Waals surface area contributed by atoms with Crippen LogP contribution in [0.5, 0.6) is 34.5 Å². The van der Waals surface area contributed by atoms with Gasteiger partial charge >= 0.3 is 37.7 Å². The predicted molar refractivity (Wildman–Crippen MR) is 242 cm³/mol. The Balaban J connectivity index is 0.000000413. The molecule has 0 bridgehead atoms. The Bertz CT molecular complexity index is 1880. The number of rotatable bonds is 28. The van der Waals surface area contributed by atoms with E-state index in [4.69, 9.17) is 9.47 Å². The minimum atomic E-state index is -4.81. The molecule has 13 heteroatoms. The third-order valence-corrected chi connectivity index (χ3v) is 12.1. The molecule has 4 aromatic carbocycles. The van der Waals surface area contributed by atoms with Crippen LogP contribution in [0.25, 0.3) is 0 Å². The molecule has 0 radical (unpaired) electrons. The summed E-state index contributed by atoms with van der Waals surface area (Å²) < 4.78 is 79.0. The topological polar surface area (TPSA) is 173 Å². The minimum Gasteiger partial charge on any atom is -0.872 e. The molecule has 0 fully saturated rings. The summed E-state index contributed by atoms with van der Waals surface area (Å²) in [7, 11) is -9.33. The fraction of sp³-hybridized carbons (Fsp3) is 0.500. The van der Waals surface area contributed by atoms with Crippen LogP contribution >= 0.6 is 0 Å². The maximum atomic E-state index is 12.3. The van der Waals surface area contributed by atoms with Gasteiger partial charge in [0.1, 0.15) is 43.8 Å². The van der Waals surface area contributed by atoms with E-state index in [9.17, 15) is 36.2 Å². The van der Waals surface area contributed by atoms with Gasteiger partial charge in [0.25, 0.3) is 10.1 Å². The molecule has 10 nitrogen and oxygen atoms in total. The Morgan fingerprint density at radius 1 is 0.508 bits per heavy atom. The van der Waals surface area contributed by atoms with Gasteiger partial charge < -0.3 is 24.2 Å². The van der Waals surface area contributed by atoms with Crippen LogP contribution in [0.15, 0.2) is 94.7 Å². The summed E-state index contributed by atoms with van der Waals surface area (Å²) in [6, 6.07) is 22.3. The first kappa shape index (κ1) is 54.3. The number of unbranched alkanes of at least 4 members (excludes halogenated alkanes) is 18. The monoisotopic (exact) mass is 906 g/mol. The number of aryl methyl sites for hydroxylation is 2. The smallest absolute Gasteiger partial charge is 0.872 e. The van der Waals surface area contributed by atoms with E-state index in [1.165, 1.54) is 102 Å². The Morgan fingerprint density at radius 3 is 1.26 bits per heavy atom. The summed E-state index contributed by atoms with van der Waals surface area (Å²) in [6.45, 7) is 4.45. The van der Waals surface area contributed by atoms with Crippen LogP contribution in [0.4, 0.5) is 0 Å². The van der Waals surface area contributed by atoms with E-state index in [1.807, 2.05) is 6.07 Å². The first-order valence-corrected chi connectivity index (χ1v) is 24.8. The maximum absolute atomic E-state index is 12.3. The summed E-state index contributed by atoms with van der Waals surface area (Å²) in [6.07, 6.45) is 25.3. The SMILES string of the molecule is CCCCCCCCCCCCc1cc(Oc2ccccc2)c(S(=O)(=O)O)cc1O.CCCCCCCCCCCCc1cc(Oc2ccccc2)c(S(=O)(=O)[O-])cc1[O-].[Ca+2]. The van der Waals surface area contributed by atoms with Crippen molar-refractivity contribution in [3.05, 3.63) is 96.1 Å². The molecule has 0 atom stereocenters. The van der Waals surface area contributed by atoms with Gasteiger partial charge in [-0.05, 0) is 73.7 Å². The molecule has 0 unspecified atom stereocenters. The Hall–Kier alpha value is -2.84. The van der Waals surface area contributed by atoms with Gasteiger partial charge in [0, 0.05) is 6.07 Å². The number of ether oxygens (including phenoxy) is 2. The van der Waals surface area contributed by atoms with E-state index in [1.54, 1.807) is 54.6 Å². The van der Waals surface area contributed by atoms with Gasteiger partial charge in [0.2, 0.25) is 0 Å². The van der Waals surface area contributed by atoms with Crippen molar-refractivity contribution < 1.29 is 45.6 Å². The zero-order chi connectivity index (χ0) is 43.6. The van der Waals surface area contributed by atoms with Crippen LogP contribution < -0.4 is 14.6 Å². The number of benzene rings is 4. The number of hydrogen-bond donors (Lipinski definition) is 2. The maximum Gasteiger partial charge on any atom is 2.00 e. The molecule has 0 spiro atoms. The van der Waals surface area contributed by atoms with Gasteiger partial charge in [0.15, 0.2) is 0 Å². The second-order valence-corrected chi connectivity index (χ2v) is 18.2. The molecular formula is C48H66CaO10S2. The van der Waals surface area contributed by atoms with Crippen molar-refractivity contribution in [3.8, 4) is 34.5 Å². The third kappa shape index (κ3) is 21.9. The third-order valence-electron chi connectivity index (χ3n) is 10.4. The molecule has 0 amide bonds. The first-order chi connectivity index (χ1) is 28.8. The summed E-state index contributed by atoms with van der Waals surface area (Å²) >= 11 is 0.